The van der Waals surface area contributed by atoms with E-state index >= 15 is 0 Å². The Bertz CT molecular complexity index is 920. The second-order valence-corrected chi connectivity index (χ2v) is 6.66. The van der Waals surface area contributed by atoms with Gasteiger partial charge in [0.25, 0.3) is 5.91 Å². The molecule has 0 fully saturated rings. The second kappa shape index (κ2) is 7.07. The van der Waals surface area contributed by atoms with Crippen LogP contribution in [0.25, 0.3) is 5.82 Å². The van der Waals surface area contributed by atoms with Gasteiger partial charge in [-0.1, -0.05) is 17.3 Å². The second-order valence-electron chi connectivity index (χ2n) is 6.66. The lowest BCUT2D eigenvalue weighted by molar-refractivity contribution is 0.0950. The van der Waals surface area contributed by atoms with Crippen molar-refractivity contribution in [2.75, 3.05) is 19.0 Å². The number of nitrogens with one attached hydrogen (secondary N) is 1. The number of nitrogens with zero attached hydrogens (tertiary/aromatic N) is 3. The summed E-state index contributed by atoms with van der Waals surface area (Å²) in [7, 11) is 4.01. The van der Waals surface area contributed by atoms with Gasteiger partial charge in [-0.25, -0.2) is 0 Å². The van der Waals surface area contributed by atoms with Crippen molar-refractivity contribution in [3.63, 3.8) is 0 Å². The number of benzene rings is 1. The molecule has 136 valence electrons. The lowest BCUT2D eigenvalue weighted by Crippen LogP contribution is -2.23. The SMILES string of the molecule is Cc1cc(-n2c(C)cc(C(=O)NCc3ccc(N(C)C)cc3)c2C)no1. The maximum atomic E-state index is 12.6. The van der Waals surface area contributed by atoms with Gasteiger partial charge in [-0.3, -0.25) is 9.36 Å². The molecule has 6 heteroatoms. The van der Waals surface area contributed by atoms with E-state index in [2.05, 4.69) is 10.5 Å². The normalized spacial score (nSPS) is 10.8. The number of carbonyl (C=O) groups is 1. The van der Waals surface area contributed by atoms with Crippen LogP contribution in [0.5, 0.6) is 0 Å². The molecule has 2 aromatic heterocycles. The maximum absolute atomic E-state index is 12.6. The molecular formula is C20H24N4O2. The molecule has 0 saturated heterocycles. The van der Waals surface area contributed by atoms with Crippen molar-refractivity contribution in [1.29, 1.82) is 0 Å². The Hall–Kier alpha value is -3.02. The molecular weight excluding hydrogens is 328 g/mol. The molecule has 1 N–H and O–H groups in total. The number of hydrogen-bond donors (Lipinski definition) is 1. The zero-order chi connectivity index (χ0) is 18.8. The molecule has 0 unspecified atom stereocenters. The van der Waals surface area contributed by atoms with Gasteiger partial charge in [-0.05, 0) is 44.5 Å². The summed E-state index contributed by atoms with van der Waals surface area (Å²) in [4.78, 5) is 14.7. The van der Waals surface area contributed by atoms with Gasteiger partial charge in [0.1, 0.15) is 5.76 Å². The highest BCUT2D eigenvalue weighted by Gasteiger charge is 2.18. The number of hydrogen-bond acceptors (Lipinski definition) is 4. The van der Waals surface area contributed by atoms with E-state index in [0.29, 0.717) is 17.9 Å². The minimum absolute atomic E-state index is 0.0961. The highest BCUT2D eigenvalue weighted by atomic mass is 16.5. The van der Waals surface area contributed by atoms with E-state index in [0.717, 1.165) is 28.4 Å². The minimum atomic E-state index is -0.0961. The molecule has 26 heavy (non-hydrogen) atoms. The highest BCUT2D eigenvalue weighted by Crippen LogP contribution is 2.21. The van der Waals surface area contributed by atoms with Gasteiger partial charge in [0, 0.05) is 43.8 Å². The summed E-state index contributed by atoms with van der Waals surface area (Å²) in [6.45, 7) is 6.20. The van der Waals surface area contributed by atoms with Crippen LogP contribution in [0.4, 0.5) is 5.69 Å². The van der Waals surface area contributed by atoms with Crippen molar-refractivity contribution < 1.29 is 9.32 Å². The summed E-state index contributed by atoms with van der Waals surface area (Å²) in [6.07, 6.45) is 0. The molecule has 0 aliphatic rings. The molecule has 1 amide bonds. The predicted octanol–water partition coefficient (Wildman–Crippen LogP) is 3.39. The Balaban J connectivity index is 1.74. The van der Waals surface area contributed by atoms with Crippen LogP contribution in [0.15, 0.2) is 40.9 Å². The van der Waals surface area contributed by atoms with Crippen LogP contribution in [0, 0.1) is 20.8 Å². The van der Waals surface area contributed by atoms with Crippen molar-refractivity contribution in [1.82, 2.24) is 15.0 Å². The first kappa shape index (κ1) is 17.8. The van der Waals surface area contributed by atoms with Gasteiger partial charge in [-0.15, -0.1) is 0 Å². The van der Waals surface area contributed by atoms with E-state index in [1.54, 1.807) is 0 Å². The Morgan fingerprint density at radius 3 is 2.42 bits per heavy atom. The van der Waals surface area contributed by atoms with E-state index in [9.17, 15) is 4.79 Å². The summed E-state index contributed by atoms with van der Waals surface area (Å²) in [6, 6.07) is 11.9. The van der Waals surface area contributed by atoms with Crippen molar-refractivity contribution in [2.45, 2.75) is 27.3 Å². The molecule has 2 heterocycles. The predicted molar refractivity (Wildman–Crippen MR) is 102 cm³/mol. The smallest absolute Gasteiger partial charge is 0.253 e. The fraction of sp³-hybridized carbons (Fsp3) is 0.300. The van der Waals surface area contributed by atoms with E-state index in [-0.39, 0.29) is 5.91 Å². The third-order valence-electron chi connectivity index (χ3n) is 4.43. The molecule has 0 atom stereocenters. The third kappa shape index (κ3) is 3.49. The molecule has 0 aliphatic carbocycles. The Labute approximate surface area is 153 Å². The first-order valence-electron chi connectivity index (χ1n) is 8.54. The van der Waals surface area contributed by atoms with Gasteiger partial charge in [0.15, 0.2) is 5.82 Å². The summed E-state index contributed by atoms with van der Waals surface area (Å²) < 4.78 is 7.08. The van der Waals surface area contributed by atoms with Crippen molar-refractivity contribution >= 4 is 11.6 Å². The number of amides is 1. The minimum Gasteiger partial charge on any atom is -0.378 e. The Morgan fingerprint density at radius 1 is 1.15 bits per heavy atom. The average Bonchev–Trinajstić information content (AvgIpc) is 3.15. The maximum Gasteiger partial charge on any atom is 0.253 e. The fourth-order valence-electron chi connectivity index (χ4n) is 2.99. The average molecular weight is 352 g/mol. The monoisotopic (exact) mass is 352 g/mol. The first-order chi connectivity index (χ1) is 12.4. The molecule has 0 bridgehead atoms. The lowest BCUT2D eigenvalue weighted by Gasteiger charge is -2.13. The van der Waals surface area contributed by atoms with Gasteiger partial charge in [0.2, 0.25) is 0 Å². The fourth-order valence-corrected chi connectivity index (χ4v) is 2.99. The molecule has 3 rings (SSSR count). The summed E-state index contributed by atoms with van der Waals surface area (Å²) in [5.74, 6) is 1.33. The van der Waals surface area contributed by atoms with Crippen molar-refractivity contribution in [3.05, 3.63) is 64.7 Å². The zero-order valence-corrected chi connectivity index (χ0v) is 15.8. The molecule has 0 radical (unpaired) electrons. The summed E-state index contributed by atoms with van der Waals surface area (Å²) >= 11 is 0. The van der Waals surface area contributed by atoms with Gasteiger partial charge < -0.3 is 14.7 Å². The van der Waals surface area contributed by atoms with Crippen molar-refractivity contribution in [2.24, 2.45) is 0 Å². The van der Waals surface area contributed by atoms with E-state index in [4.69, 9.17) is 4.52 Å². The van der Waals surface area contributed by atoms with Crippen LogP contribution < -0.4 is 10.2 Å². The van der Waals surface area contributed by atoms with Crippen LogP contribution in [-0.2, 0) is 6.54 Å². The lowest BCUT2D eigenvalue weighted by atomic mass is 10.2. The number of carbonyl (C=O) groups excluding carboxylic acids is 1. The number of aryl methyl sites for hydroxylation is 2. The number of anilines is 1. The number of rotatable bonds is 5. The molecule has 3 aromatic rings. The molecule has 0 saturated carbocycles. The Morgan fingerprint density at radius 2 is 1.85 bits per heavy atom. The molecule has 6 nitrogen and oxygen atoms in total. The Kier molecular flexibility index (Phi) is 4.84. The standard InChI is InChI=1S/C20H24N4O2/c1-13-10-18(15(3)24(13)19-11-14(2)26-22-19)20(25)21-12-16-6-8-17(9-7-16)23(4)5/h6-11H,12H2,1-5H3,(H,21,25). The largest absolute Gasteiger partial charge is 0.378 e. The molecule has 0 spiro atoms. The van der Waals surface area contributed by atoms with Crippen LogP contribution in [0.3, 0.4) is 0 Å². The third-order valence-corrected chi connectivity index (χ3v) is 4.43. The van der Waals surface area contributed by atoms with E-state index in [1.807, 2.05) is 80.7 Å². The van der Waals surface area contributed by atoms with Gasteiger partial charge in [0.05, 0.1) is 5.56 Å². The topological polar surface area (TPSA) is 63.3 Å². The quantitative estimate of drug-likeness (QED) is 0.764. The summed E-state index contributed by atoms with van der Waals surface area (Å²) in [5, 5.41) is 7.04. The summed E-state index contributed by atoms with van der Waals surface area (Å²) in [5.41, 5.74) is 4.62. The van der Waals surface area contributed by atoms with Crippen LogP contribution in [0.2, 0.25) is 0 Å². The van der Waals surface area contributed by atoms with Crippen molar-refractivity contribution in [3.8, 4) is 5.82 Å². The first-order valence-corrected chi connectivity index (χ1v) is 8.54. The van der Waals surface area contributed by atoms with Gasteiger partial charge in [-0.2, -0.15) is 0 Å². The highest BCUT2D eigenvalue weighted by molar-refractivity contribution is 5.95. The molecule has 1 aromatic carbocycles. The van der Waals surface area contributed by atoms with E-state index in [1.165, 1.54) is 0 Å². The van der Waals surface area contributed by atoms with Gasteiger partial charge >= 0.3 is 0 Å². The molecule has 0 aliphatic heterocycles. The number of aromatic nitrogens is 2. The van der Waals surface area contributed by atoms with Crippen LogP contribution >= 0.6 is 0 Å². The zero-order valence-electron chi connectivity index (χ0n) is 15.8. The van der Waals surface area contributed by atoms with Crippen LogP contribution in [0.1, 0.15) is 33.1 Å². The van der Waals surface area contributed by atoms with Crippen LogP contribution in [-0.4, -0.2) is 29.7 Å². The van der Waals surface area contributed by atoms with E-state index < -0.39 is 0 Å².